The van der Waals surface area contributed by atoms with E-state index in [4.69, 9.17) is 9.47 Å². The van der Waals surface area contributed by atoms with E-state index >= 15 is 0 Å². The Bertz CT molecular complexity index is 1220. The molecule has 2 aromatic carbocycles. The van der Waals surface area contributed by atoms with Gasteiger partial charge in [-0.25, -0.2) is 0 Å². The molecule has 0 aliphatic carbocycles. The van der Waals surface area contributed by atoms with Gasteiger partial charge in [-0.2, -0.15) is 0 Å². The van der Waals surface area contributed by atoms with Crippen molar-refractivity contribution in [3.63, 3.8) is 0 Å². The second-order valence-electron chi connectivity index (χ2n) is 10.4. The lowest BCUT2D eigenvalue weighted by Gasteiger charge is -2.37. The third-order valence-electron chi connectivity index (χ3n) is 7.45. The van der Waals surface area contributed by atoms with Gasteiger partial charge in [-0.15, -0.1) is 11.3 Å². The van der Waals surface area contributed by atoms with Crippen molar-refractivity contribution in [3.05, 3.63) is 87.6 Å². The van der Waals surface area contributed by atoms with Gasteiger partial charge in [0.25, 0.3) is 5.91 Å². The van der Waals surface area contributed by atoms with Crippen molar-refractivity contribution < 1.29 is 19.1 Å². The third-order valence-corrected chi connectivity index (χ3v) is 8.45. The molecule has 5 rings (SSSR count). The number of amides is 2. The zero-order valence-electron chi connectivity index (χ0n) is 22.2. The van der Waals surface area contributed by atoms with E-state index in [0.717, 1.165) is 30.6 Å². The Morgan fingerprint density at radius 2 is 1.89 bits per heavy atom. The number of benzene rings is 2. The van der Waals surface area contributed by atoms with Gasteiger partial charge in [-0.05, 0) is 72.0 Å². The molecular weight excluding hydrogens is 496 g/mol. The van der Waals surface area contributed by atoms with Gasteiger partial charge >= 0.3 is 0 Å². The minimum absolute atomic E-state index is 0.0205. The summed E-state index contributed by atoms with van der Waals surface area (Å²) in [4.78, 5) is 32.1. The van der Waals surface area contributed by atoms with Crippen molar-refractivity contribution in [3.8, 4) is 5.75 Å². The number of nitrogens with zero attached hydrogens (tertiary/aromatic N) is 2. The Labute approximate surface area is 229 Å². The van der Waals surface area contributed by atoms with Gasteiger partial charge in [0, 0.05) is 30.1 Å². The van der Waals surface area contributed by atoms with Gasteiger partial charge in [0.15, 0.2) is 0 Å². The van der Waals surface area contributed by atoms with Crippen LogP contribution in [0.2, 0.25) is 0 Å². The van der Waals surface area contributed by atoms with Crippen LogP contribution in [-0.4, -0.2) is 60.6 Å². The number of carbonyl (C=O) groups excluding carboxylic acids is 2. The first-order chi connectivity index (χ1) is 18.5. The molecule has 1 saturated heterocycles. The van der Waals surface area contributed by atoms with Crippen molar-refractivity contribution in [2.75, 3.05) is 32.8 Å². The Hall–Kier alpha value is -3.16. The predicted octanol–water partition coefficient (Wildman–Crippen LogP) is 5.70. The smallest absolute Gasteiger partial charge is 0.254 e. The van der Waals surface area contributed by atoms with Crippen LogP contribution in [0.15, 0.2) is 66.0 Å². The van der Waals surface area contributed by atoms with E-state index in [2.05, 4.69) is 37.4 Å². The average Bonchev–Trinajstić information content (AvgIpc) is 3.64. The molecule has 3 aromatic rings. The standard InChI is InChI=1S/C31H36N2O4S/c1-22(2)23-10-12-25(13-11-23)37-21-28-27-15-18-38-29(27)14-16-33(28)30(34)20-32(19-26-9-6-17-36-26)31(35)24-7-4-3-5-8-24/h3-5,7-8,10-13,15,18,22,26,28H,6,9,14,16-17,19-21H2,1-2H3. The second-order valence-corrected chi connectivity index (χ2v) is 11.4. The lowest BCUT2D eigenvalue weighted by molar-refractivity contribution is -0.135. The maximum absolute atomic E-state index is 13.8. The first-order valence-corrected chi connectivity index (χ1v) is 14.4. The van der Waals surface area contributed by atoms with E-state index in [1.54, 1.807) is 28.4 Å². The predicted molar refractivity (Wildman–Crippen MR) is 150 cm³/mol. The Morgan fingerprint density at radius 3 is 2.61 bits per heavy atom. The molecule has 3 heterocycles. The molecule has 2 amide bonds. The zero-order valence-corrected chi connectivity index (χ0v) is 23.0. The lowest BCUT2D eigenvalue weighted by Crippen LogP contribution is -2.49. The van der Waals surface area contributed by atoms with Crippen molar-refractivity contribution >= 4 is 23.2 Å². The molecule has 2 aliphatic rings. The SMILES string of the molecule is CC(C)c1ccc(OCC2c3ccsc3CCN2C(=O)CN(CC2CCCO2)C(=O)c2ccccc2)cc1. The highest BCUT2D eigenvalue weighted by Crippen LogP contribution is 2.34. The summed E-state index contributed by atoms with van der Waals surface area (Å²) in [5.41, 5.74) is 3.00. The number of hydrogen-bond acceptors (Lipinski definition) is 5. The molecule has 0 spiro atoms. The molecule has 200 valence electrons. The summed E-state index contributed by atoms with van der Waals surface area (Å²) in [5, 5.41) is 2.09. The first-order valence-electron chi connectivity index (χ1n) is 13.5. The lowest BCUT2D eigenvalue weighted by atomic mass is 10.00. The zero-order chi connectivity index (χ0) is 26.5. The fourth-order valence-electron chi connectivity index (χ4n) is 5.27. The van der Waals surface area contributed by atoms with Crippen molar-refractivity contribution in [2.24, 2.45) is 0 Å². The van der Waals surface area contributed by atoms with Crippen LogP contribution in [-0.2, 0) is 16.0 Å². The number of carbonyl (C=O) groups is 2. The minimum atomic E-state index is -0.196. The molecule has 1 fully saturated rings. The van der Waals surface area contributed by atoms with Crippen molar-refractivity contribution in [1.29, 1.82) is 0 Å². The fraction of sp³-hybridized carbons (Fsp3) is 0.419. The molecule has 0 saturated carbocycles. The number of fused-ring (bicyclic) bond motifs is 1. The normalized spacial score (nSPS) is 18.9. The van der Waals surface area contributed by atoms with Crippen molar-refractivity contribution in [1.82, 2.24) is 9.80 Å². The van der Waals surface area contributed by atoms with Gasteiger partial charge in [0.2, 0.25) is 5.91 Å². The van der Waals surface area contributed by atoms with E-state index in [-0.39, 0.29) is 30.5 Å². The largest absolute Gasteiger partial charge is 0.491 e. The summed E-state index contributed by atoms with van der Waals surface area (Å²) < 4.78 is 12.1. The maximum Gasteiger partial charge on any atom is 0.254 e. The molecule has 0 N–H and O–H groups in total. The Kier molecular flexibility index (Phi) is 8.45. The molecule has 6 nitrogen and oxygen atoms in total. The summed E-state index contributed by atoms with van der Waals surface area (Å²) in [5.74, 6) is 1.05. The number of rotatable bonds is 9. The van der Waals surface area contributed by atoms with Crippen LogP contribution >= 0.6 is 11.3 Å². The molecule has 7 heteroatoms. The highest BCUT2D eigenvalue weighted by atomic mass is 32.1. The van der Waals surface area contributed by atoms with Gasteiger partial charge < -0.3 is 19.3 Å². The highest BCUT2D eigenvalue weighted by Gasteiger charge is 2.34. The maximum atomic E-state index is 13.8. The summed E-state index contributed by atoms with van der Waals surface area (Å²) in [6.07, 6.45) is 2.67. The average molecular weight is 533 g/mol. The van der Waals surface area contributed by atoms with Crippen LogP contribution in [0.1, 0.15) is 65.0 Å². The quantitative estimate of drug-likeness (QED) is 0.355. The van der Waals surface area contributed by atoms with E-state index < -0.39 is 0 Å². The first kappa shape index (κ1) is 26.4. The second kappa shape index (κ2) is 12.1. The summed E-state index contributed by atoms with van der Waals surface area (Å²) in [7, 11) is 0. The molecule has 0 radical (unpaired) electrons. The Morgan fingerprint density at radius 1 is 1.11 bits per heavy atom. The van der Waals surface area contributed by atoms with Gasteiger partial charge in [-0.3, -0.25) is 9.59 Å². The summed E-state index contributed by atoms with van der Waals surface area (Å²) in [6.45, 7) is 6.47. The third kappa shape index (κ3) is 6.11. The molecule has 2 atom stereocenters. The van der Waals surface area contributed by atoms with Crippen LogP contribution in [0.5, 0.6) is 5.75 Å². The summed E-state index contributed by atoms with van der Waals surface area (Å²) >= 11 is 1.73. The highest BCUT2D eigenvalue weighted by molar-refractivity contribution is 7.10. The van der Waals surface area contributed by atoms with Crippen LogP contribution in [0.25, 0.3) is 0 Å². The molecule has 1 aromatic heterocycles. The fourth-order valence-corrected chi connectivity index (χ4v) is 6.20. The monoisotopic (exact) mass is 532 g/mol. The minimum Gasteiger partial charge on any atom is -0.491 e. The summed E-state index contributed by atoms with van der Waals surface area (Å²) in [6, 6.07) is 19.3. The van der Waals surface area contributed by atoms with Crippen LogP contribution < -0.4 is 4.74 Å². The van der Waals surface area contributed by atoms with Gasteiger partial charge in [-0.1, -0.05) is 44.2 Å². The van der Waals surface area contributed by atoms with Gasteiger partial charge in [0.1, 0.15) is 18.9 Å². The van der Waals surface area contributed by atoms with Crippen molar-refractivity contribution in [2.45, 2.75) is 51.2 Å². The molecule has 2 unspecified atom stereocenters. The van der Waals surface area contributed by atoms with E-state index in [9.17, 15) is 9.59 Å². The molecular formula is C31H36N2O4S. The van der Waals surface area contributed by atoms with Gasteiger partial charge in [0.05, 0.1) is 12.1 Å². The van der Waals surface area contributed by atoms with Crippen LogP contribution in [0, 0.1) is 0 Å². The molecule has 0 bridgehead atoms. The van der Waals surface area contributed by atoms with E-state index in [0.29, 0.717) is 37.8 Å². The number of hydrogen-bond donors (Lipinski definition) is 0. The van der Waals surface area contributed by atoms with E-state index in [1.165, 1.54) is 10.4 Å². The number of thiophene rings is 1. The topological polar surface area (TPSA) is 59.1 Å². The van der Waals surface area contributed by atoms with Crippen LogP contribution in [0.3, 0.4) is 0 Å². The molecule has 2 aliphatic heterocycles. The van der Waals surface area contributed by atoms with Crippen LogP contribution in [0.4, 0.5) is 0 Å². The number of ether oxygens (including phenoxy) is 2. The Balaban J connectivity index is 1.33. The van der Waals surface area contributed by atoms with E-state index in [1.807, 2.05) is 35.2 Å². The molecule has 38 heavy (non-hydrogen) atoms.